The van der Waals surface area contributed by atoms with Gasteiger partial charge in [0.15, 0.2) is 6.61 Å². The van der Waals surface area contributed by atoms with Crippen LogP contribution in [0.3, 0.4) is 0 Å². The molecule has 0 fully saturated rings. The molecular formula is C23H30F6O5. The molecule has 1 atom stereocenters. The van der Waals surface area contributed by atoms with Crippen LogP contribution in [0, 0.1) is 16.7 Å². The minimum absolute atomic E-state index is 0.0493. The second kappa shape index (κ2) is 10.9. The predicted octanol–water partition coefficient (Wildman–Crippen LogP) is 6.50. The highest BCUT2D eigenvalue weighted by atomic mass is 19.4. The standard InChI is InChI=1S/C23H30F6O5/c1-7-21(5,6)12-16(20(2,3)4)18(31)33-15-10-8-14(9-11-15)32-13-17(30)34-19(22(24,25)26)23(27,28)29/h8-11,16,19H,7,12-13H2,1-6H3. The van der Waals surface area contributed by atoms with Gasteiger partial charge in [0.2, 0.25) is 0 Å². The maximum Gasteiger partial charge on any atom is 0.434 e. The molecular weight excluding hydrogens is 470 g/mol. The van der Waals surface area contributed by atoms with Gasteiger partial charge in [-0.3, -0.25) is 4.79 Å². The van der Waals surface area contributed by atoms with Crippen molar-refractivity contribution < 1.29 is 50.1 Å². The van der Waals surface area contributed by atoms with Gasteiger partial charge in [-0.1, -0.05) is 48.0 Å². The Hall–Kier alpha value is -2.46. The van der Waals surface area contributed by atoms with Crippen LogP contribution in [0.5, 0.6) is 11.5 Å². The van der Waals surface area contributed by atoms with E-state index in [1.807, 2.05) is 27.7 Å². The Morgan fingerprint density at radius 2 is 1.32 bits per heavy atom. The minimum Gasteiger partial charge on any atom is -0.482 e. The molecule has 0 spiro atoms. The normalized spacial score (nSPS) is 14.0. The van der Waals surface area contributed by atoms with Crippen molar-refractivity contribution in [3.05, 3.63) is 24.3 Å². The summed E-state index contributed by atoms with van der Waals surface area (Å²) >= 11 is 0. The van der Waals surface area contributed by atoms with E-state index in [1.54, 1.807) is 0 Å². The van der Waals surface area contributed by atoms with Gasteiger partial charge in [0.25, 0.3) is 6.10 Å². The van der Waals surface area contributed by atoms with E-state index >= 15 is 0 Å². The van der Waals surface area contributed by atoms with E-state index < -0.39 is 42.9 Å². The number of carbonyl (C=O) groups excluding carboxylic acids is 2. The smallest absolute Gasteiger partial charge is 0.434 e. The molecule has 1 unspecified atom stereocenters. The molecule has 1 aromatic rings. The highest BCUT2D eigenvalue weighted by molar-refractivity contribution is 5.76. The Morgan fingerprint density at radius 3 is 1.74 bits per heavy atom. The van der Waals surface area contributed by atoms with Crippen LogP contribution in [-0.4, -0.2) is 37.0 Å². The average Bonchev–Trinajstić information content (AvgIpc) is 2.67. The summed E-state index contributed by atoms with van der Waals surface area (Å²) in [6.45, 7) is 10.8. The van der Waals surface area contributed by atoms with Crippen LogP contribution in [0.1, 0.15) is 54.4 Å². The first-order valence-electron chi connectivity index (χ1n) is 10.5. The molecule has 0 saturated carbocycles. The largest absolute Gasteiger partial charge is 0.482 e. The number of esters is 2. The summed E-state index contributed by atoms with van der Waals surface area (Å²) in [5.74, 6) is -2.56. The first kappa shape index (κ1) is 29.6. The van der Waals surface area contributed by atoms with Crippen molar-refractivity contribution in [2.45, 2.75) is 72.8 Å². The summed E-state index contributed by atoms with van der Waals surface area (Å²) < 4.78 is 88.6. The van der Waals surface area contributed by atoms with Gasteiger partial charge in [-0.05, 0) is 41.5 Å². The quantitative estimate of drug-likeness (QED) is 0.220. The molecule has 0 N–H and O–H groups in total. The van der Waals surface area contributed by atoms with Gasteiger partial charge in [0, 0.05) is 0 Å². The van der Waals surface area contributed by atoms with Crippen LogP contribution < -0.4 is 9.47 Å². The van der Waals surface area contributed by atoms with E-state index in [2.05, 4.69) is 18.6 Å². The minimum atomic E-state index is -5.81. The second-order valence-electron chi connectivity index (χ2n) is 9.77. The van der Waals surface area contributed by atoms with Crippen LogP contribution in [0.4, 0.5) is 26.3 Å². The fourth-order valence-electron chi connectivity index (χ4n) is 2.86. The molecule has 0 radical (unpaired) electrons. The summed E-state index contributed by atoms with van der Waals surface area (Å²) in [5.41, 5.74) is -0.446. The third-order valence-corrected chi connectivity index (χ3v) is 5.29. The Morgan fingerprint density at radius 1 is 0.853 bits per heavy atom. The number of carbonyl (C=O) groups is 2. The van der Waals surface area contributed by atoms with Crippen molar-refractivity contribution in [1.82, 2.24) is 0 Å². The highest BCUT2D eigenvalue weighted by Gasteiger charge is 2.59. The van der Waals surface area contributed by atoms with Gasteiger partial charge in [-0.15, -0.1) is 0 Å². The van der Waals surface area contributed by atoms with Crippen LogP contribution in [-0.2, 0) is 14.3 Å². The fraction of sp³-hybridized carbons (Fsp3) is 0.652. The van der Waals surface area contributed by atoms with Gasteiger partial charge in [0.1, 0.15) is 11.5 Å². The molecule has 0 aliphatic heterocycles. The third kappa shape index (κ3) is 9.42. The summed E-state index contributed by atoms with van der Waals surface area (Å²) in [6, 6.07) is 5.17. The lowest BCUT2D eigenvalue weighted by atomic mass is 9.70. The van der Waals surface area contributed by atoms with Crippen molar-refractivity contribution in [3.8, 4) is 11.5 Å². The molecule has 0 bridgehead atoms. The zero-order chi connectivity index (χ0) is 26.5. The lowest BCUT2D eigenvalue weighted by Gasteiger charge is -2.35. The molecule has 0 heterocycles. The van der Waals surface area contributed by atoms with Gasteiger partial charge in [0.05, 0.1) is 5.92 Å². The van der Waals surface area contributed by atoms with Crippen molar-refractivity contribution in [2.24, 2.45) is 16.7 Å². The van der Waals surface area contributed by atoms with Crippen molar-refractivity contribution in [3.63, 3.8) is 0 Å². The number of halogens is 6. The maximum atomic E-state index is 12.8. The summed E-state index contributed by atoms with van der Waals surface area (Å²) in [6.07, 6.45) is -14.4. The molecule has 0 amide bonds. The lowest BCUT2D eigenvalue weighted by Crippen LogP contribution is -2.46. The number of rotatable bonds is 9. The van der Waals surface area contributed by atoms with Crippen LogP contribution >= 0.6 is 0 Å². The number of benzene rings is 1. The Labute approximate surface area is 194 Å². The van der Waals surface area contributed by atoms with Gasteiger partial charge < -0.3 is 14.2 Å². The number of hydrogen-bond donors (Lipinski definition) is 0. The second-order valence-corrected chi connectivity index (χ2v) is 9.77. The monoisotopic (exact) mass is 500 g/mol. The molecule has 194 valence electrons. The number of hydrogen-bond acceptors (Lipinski definition) is 5. The summed E-state index contributed by atoms with van der Waals surface area (Å²) in [5, 5.41) is 0. The molecule has 5 nitrogen and oxygen atoms in total. The van der Waals surface area contributed by atoms with Crippen molar-refractivity contribution in [1.29, 1.82) is 0 Å². The van der Waals surface area contributed by atoms with E-state index in [0.29, 0.717) is 6.42 Å². The van der Waals surface area contributed by atoms with Gasteiger partial charge >= 0.3 is 24.3 Å². The molecule has 0 aliphatic rings. The van der Waals surface area contributed by atoms with Gasteiger partial charge in [-0.25, -0.2) is 4.79 Å². The lowest BCUT2D eigenvalue weighted by molar-refractivity contribution is -0.313. The molecule has 34 heavy (non-hydrogen) atoms. The van der Waals surface area contributed by atoms with E-state index in [0.717, 1.165) is 6.42 Å². The van der Waals surface area contributed by atoms with E-state index in [1.165, 1.54) is 24.3 Å². The Kier molecular flexibility index (Phi) is 9.44. The SMILES string of the molecule is CCC(C)(C)CC(C(=O)Oc1ccc(OCC(=O)OC(C(F)(F)F)C(F)(F)F)cc1)C(C)(C)C. The van der Waals surface area contributed by atoms with E-state index in [4.69, 9.17) is 9.47 Å². The summed E-state index contributed by atoms with van der Waals surface area (Å²) in [4.78, 5) is 24.2. The Balaban J connectivity index is 2.77. The highest BCUT2D eigenvalue weighted by Crippen LogP contribution is 2.39. The molecule has 0 saturated heterocycles. The third-order valence-electron chi connectivity index (χ3n) is 5.29. The topological polar surface area (TPSA) is 61.8 Å². The van der Waals surface area contributed by atoms with Crippen molar-refractivity contribution >= 4 is 11.9 Å². The zero-order valence-electron chi connectivity index (χ0n) is 19.9. The number of ether oxygens (including phenoxy) is 3. The van der Waals surface area contributed by atoms with Crippen LogP contribution in [0.15, 0.2) is 24.3 Å². The molecule has 1 aromatic carbocycles. The maximum absolute atomic E-state index is 12.8. The fourth-order valence-corrected chi connectivity index (χ4v) is 2.86. The molecule has 0 aromatic heterocycles. The molecule has 0 aliphatic carbocycles. The van der Waals surface area contributed by atoms with Crippen LogP contribution in [0.25, 0.3) is 0 Å². The first-order chi connectivity index (χ1) is 15.3. The number of alkyl halides is 6. The predicted molar refractivity (Wildman–Crippen MR) is 111 cm³/mol. The van der Waals surface area contributed by atoms with E-state index in [9.17, 15) is 35.9 Å². The summed E-state index contributed by atoms with van der Waals surface area (Å²) in [7, 11) is 0. The van der Waals surface area contributed by atoms with Gasteiger partial charge in [-0.2, -0.15) is 26.3 Å². The van der Waals surface area contributed by atoms with Crippen LogP contribution in [0.2, 0.25) is 0 Å². The van der Waals surface area contributed by atoms with E-state index in [-0.39, 0.29) is 22.3 Å². The molecule has 1 rings (SSSR count). The average molecular weight is 500 g/mol. The Bertz CT molecular complexity index is 808. The zero-order valence-corrected chi connectivity index (χ0v) is 19.9. The van der Waals surface area contributed by atoms with Crippen molar-refractivity contribution in [2.75, 3.05) is 6.61 Å². The first-order valence-corrected chi connectivity index (χ1v) is 10.5. The molecule has 11 heteroatoms.